The highest BCUT2D eigenvalue weighted by molar-refractivity contribution is 5.43. The van der Waals surface area contributed by atoms with Crippen LogP contribution in [0.4, 0.5) is 0 Å². The Kier molecular flexibility index (Phi) is 3.10. The Morgan fingerprint density at radius 2 is 1.96 bits per heavy atom. The smallest absolute Gasteiger partial charge is 0.0690 e. The Bertz CT molecular complexity index is 690. The summed E-state index contributed by atoms with van der Waals surface area (Å²) < 4.78 is 2.01. The fourth-order valence-electron chi connectivity index (χ4n) is 5.31. The Morgan fingerprint density at radius 1 is 1.17 bits per heavy atom. The molecular weight excluding hydrogens is 284 g/mol. The normalized spacial score (nSPS) is 32.6. The van der Waals surface area contributed by atoms with Crippen LogP contribution >= 0.6 is 0 Å². The predicted octanol–water partition coefficient (Wildman–Crippen LogP) is 2.36. The second-order valence-electron chi connectivity index (χ2n) is 7.45. The summed E-state index contributed by atoms with van der Waals surface area (Å²) in [7, 11) is 0. The molecule has 1 aromatic carbocycles. The third-order valence-electron chi connectivity index (χ3n) is 6.25. The van der Waals surface area contributed by atoms with Crippen molar-refractivity contribution in [2.24, 2.45) is 11.8 Å². The lowest BCUT2D eigenvalue weighted by Crippen LogP contribution is -2.34. The van der Waals surface area contributed by atoms with Crippen LogP contribution in [0.5, 0.6) is 0 Å². The SMILES string of the molecule is Cc1ccc(-n2cccn2)c(CN2[C@@H]3CC[C@H]2[C@H]2CNC[C@H]23)c1. The van der Waals surface area contributed by atoms with Crippen LogP contribution in [0.15, 0.2) is 36.7 Å². The molecule has 23 heavy (non-hydrogen) atoms. The molecule has 2 aromatic rings. The molecule has 4 atom stereocenters. The molecule has 0 spiro atoms. The molecule has 4 nitrogen and oxygen atoms in total. The molecule has 0 saturated carbocycles. The topological polar surface area (TPSA) is 33.1 Å². The molecule has 3 fully saturated rings. The van der Waals surface area contributed by atoms with Crippen LogP contribution in [0.25, 0.3) is 5.69 Å². The van der Waals surface area contributed by atoms with Crippen molar-refractivity contribution < 1.29 is 0 Å². The summed E-state index contributed by atoms with van der Waals surface area (Å²) in [5.41, 5.74) is 3.98. The van der Waals surface area contributed by atoms with Crippen molar-refractivity contribution in [2.45, 2.75) is 38.4 Å². The number of aromatic nitrogens is 2. The first-order valence-electron chi connectivity index (χ1n) is 8.87. The van der Waals surface area contributed by atoms with Crippen LogP contribution < -0.4 is 5.32 Å². The van der Waals surface area contributed by atoms with E-state index in [1.54, 1.807) is 0 Å². The van der Waals surface area contributed by atoms with Gasteiger partial charge >= 0.3 is 0 Å². The predicted molar refractivity (Wildman–Crippen MR) is 90.5 cm³/mol. The minimum absolute atomic E-state index is 0.783. The van der Waals surface area contributed by atoms with E-state index in [0.29, 0.717) is 0 Å². The van der Waals surface area contributed by atoms with Gasteiger partial charge in [0.25, 0.3) is 0 Å². The summed E-state index contributed by atoms with van der Waals surface area (Å²) in [6.07, 6.45) is 6.68. The number of benzene rings is 1. The summed E-state index contributed by atoms with van der Waals surface area (Å²) in [6.45, 7) is 5.71. The number of aryl methyl sites for hydroxylation is 1. The lowest BCUT2D eigenvalue weighted by molar-refractivity contribution is 0.218. The van der Waals surface area contributed by atoms with Crippen LogP contribution in [0.1, 0.15) is 24.0 Å². The molecule has 0 aliphatic carbocycles. The zero-order chi connectivity index (χ0) is 15.4. The average Bonchev–Trinajstić information content (AvgIpc) is 3.30. The van der Waals surface area contributed by atoms with E-state index >= 15 is 0 Å². The average molecular weight is 308 g/mol. The number of hydrogen-bond donors (Lipinski definition) is 1. The fraction of sp³-hybridized carbons (Fsp3) is 0.526. The number of nitrogens with zero attached hydrogens (tertiary/aromatic N) is 3. The van der Waals surface area contributed by atoms with Gasteiger partial charge in [0.2, 0.25) is 0 Å². The van der Waals surface area contributed by atoms with E-state index in [2.05, 4.69) is 40.4 Å². The first-order valence-corrected chi connectivity index (χ1v) is 8.87. The van der Waals surface area contributed by atoms with Crippen LogP contribution in [-0.2, 0) is 6.54 Å². The summed E-state index contributed by atoms with van der Waals surface area (Å²) in [5.74, 6) is 1.76. The second-order valence-corrected chi connectivity index (χ2v) is 7.45. The molecule has 3 aliphatic heterocycles. The summed E-state index contributed by atoms with van der Waals surface area (Å²) >= 11 is 0. The van der Waals surface area contributed by atoms with E-state index in [9.17, 15) is 0 Å². The second kappa shape index (κ2) is 5.18. The molecule has 0 unspecified atom stereocenters. The van der Waals surface area contributed by atoms with Gasteiger partial charge in [0.1, 0.15) is 0 Å². The van der Waals surface area contributed by atoms with Gasteiger partial charge in [-0.2, -0.15) is 5.10 Å². The quantitative estimate of drug-likeness (QED) is 0.945. The summed E-state index contributed by atoms with van der Waals surface area (Å²) in [5, 5.41) is 8.06. The van der Waals surface area contributed by atoms with Gasteiger partial charge in [0.05, 0.1) is 5.69 Å². The molecule has 3 aliphatic rings. The molecule has 4 heteroatoms. The lowest BCUT2D eigenvalue weighted by atomic mass is 9.82. The first-order chi connectivity index (χ1) is 11.3. The van der Waals surface area contributed by atoms with E-state index in [1.807, 2.05) is 23.1 Å². The van der Waals surface area contributed by atoms with Gasteiger partial charge in [-0.1, -0.05) is 17.7 Å². The third-order valence-corrected chi connectivity index (χ3v) is 6.25. The van der Waals surface area contributed by atoms with Crippen molar-refractivity contribution in [1.82, 2.24) is 20.0 Å². The maximum Gasteiger partial charge on any atom is 0.0690 e. The molecule has 1 aromatic heterocycles. The molecule has 3 saturated heterocycles. The van der Waals surface area contributed by atoms with Crippen molar-refractivity contribution in [1.29, 1.82) is 0 Å². The monoisotopic (exact) mass is 308 g/mol. The van der Waals surface area contributed by atoms with Gasteiger partial charge in [0.15, 0.2) is 0 Å². The Morgan fingerprint density at radius 3 is 2.65 bits per heavy atom. The van der Waals surface area contributed by atoms with Gasteiger partial charge < -0.3 is 5.32 Å². The molecule has 4 heterocycles. The van der Waals surface area contributed by atoms with Gasteiger partial charge in [-0.3, -0.25) is 4.90 Å². The number of rotatable bonds is 3. The third kappa shape index (κ3) is 2.08. The Balaban J connectivity index is 1.48. The van der Waals surface area contributed by atoms with Crippen molar-refractivity contribution >= 4 is 0 Å². The van der Waals surface area contributed by atoms with Gasteiger partial charge in [0, 0.05) is 31.0 Å². The number of fused-ring (bicyclic) bond motifs is 5. The highest BCUT2D eigenvalue weighted by atomic mass is 15.3. The highest BCUT2D eigenvalue weighted by Gasteiger charge is 2.54. The molecule has 5 rings (SSSR count). The molecule has 120 valence electrons. The summed E-state index contributed by atoms with van der Waals surface area (Å²) in [6, 6.07) is 10.3. The van der Waals surface area contributed by atoms with E-state index in [1.165, 1.54) is 42.7 Å². The van der Waals surface area contributed by atoms with Crippen molar-refractivity contribution in [2.75, 3.05) is 13.1 Å². The molecule has 0 amide bonds. The standard InChI is InChI=1S/C19H24N4/c1-13-3-4-17(23-8-2-7-21-23)14(9-13)12-22-18-5-6-19(22)16-11-20-10-15(16)18/h2-4,7-9,15-16,18-20H,5-6,10-12H2,1H3/t15-,16+,18-,19+. The van der Waals surface area contributed by atoms with Crippen LogP contribution in [-0.4, -0.2) is 39.9 Å². The van der Waals surface area contributed by atoms with E-state index < -0.39 is 0 Å². The molecular formula is C19H24N4. The zero-order valence-electron chi connectivity index (χ0n) is 13.7. The highest BCUT2D eigenvalue weighted by Crippen LogP contribution is 2.48. The van der Waals surface area contributed by atoms with Crippen LogP contribution in [0.2, 0.25) is 0 Å². The maximum atomic E-state index is 4.45. The van der Waals surface area contributed by atoms with Gasteiger partial charge in [-0.05, 0) is 62.4 Å². The van der Waals surface area contributed by atoms with Gasteiger partial charge in [-0.25, -0.2) is 4.68 Å². The minimum atomic E-state index is 0.783. The summed E-state index contributed by atoms with van der Waals surface area (Å²) in [4.78, 5) is 2.80. The van der Waals surface area contributed by atoms with Crippen LogP contribution in [0.3, 0.4) is 0 Å². The Hall–Kier alpha value is -1.65. The number of hydrogen-bond acceptors (Lipinski definition) is 3. The lowest BCUT2D eigenvalue weighted by Gasteiger charge is -2.25. The van der Waals surface area contributed by atoms with E-state index in [4.69, 9.17) is 0 Å². The number of nitrogens with one attached hydrogen (secondary N) is 1. The van der Waals surface area contributed by atoms with Gasteiger partial charge in [-0.15, -0.1) is 0 Å². The molecule has 0 radical (unpaired) electrons. The maximum absolute atomic E-state index is 4.45. The van der Waals surface area contributed by atoms with Crippen LogP contribution in [0, 0.1) is 18.8 Å². The van der Waals surface area contributed by atoms with E-state index in [0.717, 1.165) is 30.5 Å². The first kappa shape index (κ1) is 13.8. The van der Waals surface area contributed by atoms with Crippen molar-refractivity contribution in [3.63, 3.8) is 0 Å². The largest absolute Gasteiger partial charge is 0.316 e. The zero-order valence-corrected chi connectivity index (χ0v) is 13.7. The Labute approximate surface area is 137 Å². The molecule has 1 N–H and O–H groups in total. The fourth-order valence-corrected chi connectivity index (χ4v) is 5.31. The minimum Gasteiger partial charge on any atom is -0.316 e. The van der Waals surface area contributed by atoms with Crippen molar-refractivity contribution in [3.05, 3.63) is 47.8 Å². The van der Waals surface area contributed by atoms with Crippen molar-refractivity contribution in [3.8, 4) is 5.69 Å². The molecule has 2 bridgehead atoms. The van der Waals surface area contributed by atoms with E-state index in [-0.39, 0.29) is 0 Å².